The van der Waals surface area contributed by atoms with Gasteiger partial charge in [-0.3, -0.25) is 14.4 Å². The van der Waals surface area contributed by atoms with E-state index in [4.69, 9.17) is 4.74 Å². The number of pyridine rings is 1. The van der Waals surface area contributed by atoms with Crippen LogP contribution in [0.25, 0.3) is 0 Å². The highest BCUT2D eigenvalue weighted by molar-refractivity contribution is 5.99. The highest BCUT2D eigenvalue weighted by atomic mass is 19.1. The Labute approximate surface area is 166 Å². The SMILES string of the molecule is COCCCN1CCn2cc(C(=O)NCc3ccc(F)cc3)c(=O)c(O)c2C1=O. The topological polar surface area (TPSA) is 101 Å². The van der Waals surface area contributed by atoms with Crippen molar-refractivity contribution in [2.24, 2.45) is 0 Å². The quantitative estimate of drug-likeness (QED) is 0.675. The lowest BCUT2D eigenvalue weighted by Crippen LogP contribution is -2.43. The molecule has 1 aliphatic rings. The number of fused-ring (bicyclic) bond motifs is 1. The Hall–Kier alpha value is -3.20. The molecule has 0 bridgehead atoms. The molecule has 0 radical (unpaired) electrons. The summed E-state index contributed by atoms with van der Waals surface area (Å²) in [6, 6.07) is 5.57. The van der Waals surface area contributed by atoms with Crippen LogP contribution in [0, 0.1) is 5.82 Å². The van der Waals surface area contributed by atoms with E-state index in [-0.39, 0.29) is 23.6 Å². The summed E-state index contributed by atoms with van der Waals surface area (Å²) in [5, 5.41) is 12.9. The summed E-state index contributed by atoms with van der Waals surface area (Å²) in [7, 11) is 1.57. The van der Waals surface area contributed by atoms with Crippen LogP contribution in [0.15, 0.2) is 35.3 Å². The van der Waals surface area contributed by atoms with E-state index < -0.39 is 23.0 Å². The number of aromatic nitrogens is 1. The second-order valence-corrected chi connectivity index (χ2v) is 6.71. The van der Waals surface area contributed by atoms with Gasteiger partial charge in [-0.05, 0) is 24.1 Å². The minimum Gasteiger partial charge on any atom is -0.503 e. The predicted molar refractivity (Wildman–Crippen MR) is 102 cm³/mol. The number of aromatic hydroxyl groups is 1. The van der Waals surface area contributed by atoms with Gasteiger partial charge in [0.25, 0.3) is 11.8 Å². The van der Waals surface area contributed by atoms with Crippen molar-refractivity contribution in [1.29, 1.82) is 0 Å². The van der Waals surface area contributed by atoms with E-state index in [1.54, 1.807) is 12.0 Å². The molecule has 0 unspecified atom stereocenters. The van der Waals surface area contributed by atoms with Crippen molar-refractivity contribution in [3.05, 3.63) is 63.3 Å². The van der Waals surface area contributed by atoms with Crippen molar-refractivity contribution in [1.82, 2.24) is 14.8 Å². The fourth-order valence-electron chi connectivity index (χ4n) is 3.19. The number of nitrogens with zero attached hydrogens (tertiary/aromatic N) is 2. The molecule has 3 rings (SSSR count). The Morgan fingerprint density at radius 2 is 1.97 bits per heavy atom. The molecule has 0 atom stereocenters. The normalized spacial score (nSPS) is 13.3. The van der Waals surface area contributed by atoms with E-state index in [0.717, 1.165) is 0 Å². The number of carbonyl (C=O) groups is 2. The molecule has 0 saturated heterocycles. The van der Waals surface area contributed by atoms with Gasteiger partial charge in [0.2, 0.25) is 5.43 Å². The molecule has 154 valence electrons. The lowest BCUT2D eigenvalue weighted by Gasteiger charge is -2.30. The maximum absolute atomic E-state index is 13.0. The third-order valence-electron chi connectivity index (χ3n) is 4.74. The highest BCUT2D eigenvalue weighted by Crippen LogP contribution is 2.20. The van der Waals surface area contributed by atoms with Crippen molar-refractivity contribution < 1.29 is 23.8 Å². The van der Waals surface area contributed by atoms with Crippen LogP contribution in [0.2, 0.25) is 0 Å². The van der Waals surface area contributed by atoms with Crippen LogP contribution in [0.3, 0.4) is 0 Å². The van der Waals surface area contributed by atoms with Gasteiger partial charge in [-0.15, -0.1) is 0 Å². The molecule has 2 aromatic rings. The first-order valence-electron chi connectivity index (χ1n) is 9.19. The van der Waals surface area contributed by atoms with Crippen LogP contribution < -0.4 is 10.7 Å². The van der Waals surface area contributed by atoms with Crippen molar-refractivity contribution >= 4 is 11.8 Å². The molecule has 2 heterocycles. The Morgan fingerprint density at radius 3 is 2.66 bits per heavy atom. The molecule has 0 spiro atoms. The van der Waals surface area contributed by atoms with Crippen LogP contribution in [0.1, 0.15) is 32.8 Å². The van der Waals surface area contributed by atoms with Gasteiger partial charge < -0.3 is 24.6 Å². The number of benzene rings is 1. The molecule has 8 nitrogen and oxygen atoms in total. The average Bonchev–Trinajstić information content (AvgIpc) is 2.71. The van der Waals surface area contributed by atoms with Gasteiger partial charge in [0, 0.05) is 46.1 Å². The van der Waals surface area contributed by atoms with Crippen LogP contribution in [0.5, 0.6) is 5.75 Å². The maximum Gasteiger partial charge on any atom is 0.274 e. The van der Waals surface area contributed by atoms with Crippen LogP contribution in [-0.2, 0) is 17.8 Å². The molecule has 1 aliphatic heterocycles. The van der Waals surface area contributed by atoms with Gasteiger partial charge in [-0.25, -0.2) is 4.39 Å². The van der Waals surface area contributed by atoms with Crippen LogP contribution in [0.4, 0.5) is 4.39 Å². The first-order valence-corrected chi connectivity index (χ1v) is 9.19. The standard InChI is InChI=1S/C20H22FN3O5/c1-29-10-2-7-23-8-9-24-12-15(17(25)18(26)16(24)20(23)28)19(27)22-11-13-3-5-14(21)6-4-13/h3-6,12,26H,2,7-11H2,1H3,(H,22,27). The largest absolute Gasteiger partial charge is 0.503 e. The summed E-state index contributed by atoms with van der Waals surface area (Å²) in [4.78, 5) is 39.1. The second-order valence-electron chi connectivity index (χ2n) is 6.71. The number of carbonyl (C=O) groups excluding carboxylic acids is 2. The predicted octanol–water partition coefficient (Wildman–Crippen LogP) is 1.12. The van der Waals surface area contributed by atoms with Gasteiger partial charge in [0.1, 0.15) is 11.4 Å². The van der Waals surface area contributed by atoms with E-state index in [9.17, 15) is 23.9 Å². The molecule has 2 amide bonds. The van der Waals surface area contributed by atoms with Crippen LogP contribution in [-0.4, -0.2) is 53.2 Å². The molecule has 9 heteroatoms. The molecule has 2 N–H and O–H groups in total. The minimum absolute atomic E-state index is 0.0906. The fourth-order valence-corrected chi connectivity index (χ4v) is 3.19. The summed E-state index contributed by atoms with van der Waals surface area (Å²) < 4.78 is 19.4. The van der Waals surface area contributed by atoms with Crippen molar-refractivity contribution in [2.45, 2.75) is 19.5 Å². The Kier molecular flexibility index (Phi) is 6.28. The molecular weight excluding hydrogens is 381 g/mol. The Bertz CT molecular complexity index is 971. The summed E-state index contributed by atoms with van der Waals surface area (Å²) in [5.74, 6) is -2.26. The van der Waals surface area contributed by atoms with Gasteiger partial charge in [0.15, 0.2) is 11.4 Å². The number of halogens is 1. The summed E-state index contributed by atoms with van der Waals surface area (Å²) in [5.41, 5.74) is -0.619. The summed E-state index contributed by atoms with van der Waals surface area (Å²) >= 11 is 0. The van der Waals surface area contributed by atoms with E-state index in [1.807, 2.05) is 0 Å². The zero-order valence-electron chi connectivity index (χ0n) is 16.0. The fraction of sp³-hybridized carbons (Fsp3) is 0.350. The maximum atomic E-state index is 13.0. The molecule has 29 heavy (non-hydrogen) atoms. The summed E-state index contributed by atoms with van der Waals surface area (Å²) in [6.07, 6.45) is 1.93. The van der Waals surface area contributed by atoms with E-state index in [0.29, 0.717) is 38.2 Å². The van der Waals surface area contributed by atoms with Crippen molar-refractivity contribution in [3.8, 4) is 5.75 Å². The Morgan fingerprint density at radius 1 is 1.24 bits per heavy atom. The summed E-state index contributed by atoms with van der Waals surface area (Å²) in [6.45, 7) is 1.78. The highest BCUT2D eigenvalue weighted by Gasteiger charge is 2.30. The number of nitrogens with one attached hydrogen (secondary N) is 1. The number of hydrogen-bond donors (Lipinski definition) is 2. The second kappa shape index (κ2) is 8.87. The molecule has 1 aromatic heterocycles. The van der Waals surface area contributed by atoms with E-state index in [2.05, 4.69) is 5.32 Å². The number of amides is 2. The molecule has 0 saturated carbocycles. The number of ether oxygens (including phenoxy) is 1. The van der Waals surface area contributed by atoms with Gasteiger partial charge in [-0.1, -0.05) is 12.1 Å². The first kappa shape index (κ1) is 20.5. The molecule has 1 aromatic carbocycles. The van der Waals surface area contributed by atoms with Crippen molar-refractivity contribution in [2.75, 3.05) is 26.8 Å². The number of methoxy groups -OCH3 is 1. The first-order chi connectivity index (χ1) is 13.9. The lowest BCUT2D eigenvalue weighted by atomic mass is 10.1. The lowest BCUT2D eigenvalue weighted by molar-refractivity contribution is 0.0676. The van der Waals surface area contributed by atoms with Crippen molar-refractivity contribution in [3.63, 3.8) is 0 Å². The Balaban J connectivity index is 1.78. The zero-order chi connectivity index (χ0) is 21.0. The third kappa shape index (κ3) is 4.45. The minimum atomic E-state index is -0.903. The van der Waals surface area contributed by atoms with Gasteiger partial charge in [-0.2, -0.15) is 0 Å². The molecule has 0 fully saturated rings. The van der Waals surface area contributed by atoms with Gasteiger partial charge in [0.05, 0.1) is 0 Å². The van der Waals surface area contributed by atoms with Gasteiger partial charge >= 0.3 is 0 Å². The molecular formula is C20H22FN3O5. The van der Waals surface area contributed by atoms with Crippen LogP contribution >= 0.6 is 0 Å². The monoisotopic (exact) mass is 403 g/mol. The third-order valence-corrected chi connectivity index (χ3v) is 4.74. The van der Waals surface area contributed by atoms with E-state index >= 15 is 0 Å². The number of rotatable bonds is 7. The van der Waals surface area contributed by atoms with E-state index in [1.165, 1.54) is 35.0 Å². The average molecular weight is 403 g/mol. The smallest absolute Gasteiger partial charge is 0.274 e. The number of hydrogen-bond acceptors (Lipinski definition) is 5. The zero-order valence-corrected chi connectivity index (χ0v) is 16.0. The molecule has 0 aliphatic carbocycles.